The van der Waals surface area contributed by atoms with E-state index in [4.69, 9.17) is 10.8 Å². The van der Waals surface area contributed by atoms with E-state index < -0.39 is 12.0 Å². The van der Waals surface area contributed by atoms with Gasteiger partial charge in [-0.3, -0.25) is 14.2 Å². The molecule has 0 aliphatic carbocycles. The molecule has 10 nitrogen and oxygen atoms in total. The topological polar surface area (TPSA) is 152 Å². The van der Waals surface area contributed by atoms with Gasteiger partial charge >= 0.3 is 5.97 Å². The van der Waals surface area contributed by atoms with E-state index in [1.807, 2.05) is 13.0 Å². The molecule has 1 aromatic carbocycles. The van der Waals surface area contributed by atoms with E-state index in [-0.39, 0.29) is 35.8 Å². The first-order valence-corrected chi connectivity index (χ1v) is 10.5. The molecule has 0 fully saturated rings. The lowest BCUT2D eigenvalue weighted by molar-refractivity contribution is -0.124. The fourth-order valence-electron chi connectivity index (χ4n) is 3.88. The van der Waals surface area contributed by atoms with Crippen LogP contribution in [0.3, 0.4) is 0 Å². The number of hydrogen-bond donors (Lipinski definition) is 4. The number of hydrogen-bond acceptors (Lipinski definition) is 7. The number of aryl methyl sites for hydroxylation is 2. The summed E-state index contributed by atoms with van der Waals surface area (Å²) in [6.07, 6.45) is 2.47. The second kappa shape index (κ2) is 9.11. The van der Waals surface area contributed by atoms with Gasteiger partial charge in [-0.05, 0) is 42.7 Å². The number of aromatic nitrogens is 3. The number of nitrogens with two attached hydrogens (primary N) is 1. The van der Waals surface area contributed by atoms with Crippen LogP contribution in [-0.2, 0) is 24.3 Å². The van der Waals surface area contributed by atoms with Crippen LogP contribution in [-0.4, -0.2) is 31.5 Å². The average molecular weight is 448 g/mol. The van der Waals surface area contributed by atoms with Crippen molar-refractivity contribution in [3.8, 4) is 0 Å². The second-order valence-corrected chi connectivity index (χ2v) is 7.88. The SMILES string of the molecule is Cc1nc(N)ccc1CNC(=O)[C@@H]1CCc2ncc(NCc3cccc(C(=O)O)c3)c(=O)n21. The Morgan fingerprint density at radius 1 is 1.24 bits per heavy atom. The van der Waals surface area contributed by atoms with Crippen molar-refractivity contribution in [3.05, 3.63) is 81.2 Å². The van der Waals surface area contributed by atoms with Gasteiger partial charge in [-0.15, -0.1) is 0 Å². The van der Waals surface area contributed by atoms with Gasteiger partial charge in [-0.1, -0.05) is 18.2 Å². The summed E-state index contributed by atoms with van der Waals surface area (Å²) in [6.45, 7) is 2.35. The minimum Gasteiger partial charge on any atom is -0.478 e. The molecule has 33 heavy (non-hydrogen) atoms. The average Bonchev–Trinajstić information content (AvgIpc) is 3.23. The van der Waals surface area contributed by atoms with E-state index in [2.05, 4.69) is 20.6 Å². The van der Waals surface area contributed by atoms with Crippen molar-refractivity contribution in [2.45, 2.75) is 38.9 Å². The van der Waals surface area contributed by atoms with Crippen molar-refractivity contribution in [2.24, 2.45) is 0 Å². The van der Waals surface area contributed by atoms with Crippen LogP contribution in [0.15, 0.2) is 47.4 Å². The summed E-state index contributed by atoms with van der Waals surface area (Å²) in [6, 6.07) is 9.29. The van der Waals surface area contributed by atoms with Gasteiger partial charge in [0.1, 0.15) is 23.4 Å². The standard InChI is InChI=1S/C23H24N6O4/c1-13-16(5-7-19(24)28-13)11-27-21(30)18-6-8-20-26-12-17(22(31)29(18)20)25-10-14-3-2-4-15(9-14)23(32)33/h2-5,7,9,12,18,25H,6,8,10-11H2,1H3,(H2,24,28)(H,27,30)(H,32,33)/t18-/m0/s1. The molecule has 0 radical (unpaired) electrons. The second-order valence-electron chi connectivity index (χ2n) is 7.88. The van der Waals surface area contributed by atoms with E-state index in [9.17, 15) is 14.4 Å². The van der Waals surface area contributed by atoms with Crippen molar-refractivity contribution in [1.82, 2.24) is 19.9 Å². The number of nitrogens with one attached hydrogen (secondary N) is 2. The predicted molar refractivity (Wildman–Crippen MR) is 122 cm³/mol. The molecule has 0 bridgehead atoms. The summed E-state index contributed by atoms with van der Waals surface area (Å²) in [5, 5.41) is 15.0. The van der Waals surface area contributed by atoms with Crippen LogP contribution in [0.25, 0.3) is 0 Å². The number of amides is 1. The molecule has 2 aromatic heterocycles. The molecular formula is C23H24N6O4. The van der Waals surface area contributed by atoms with Crippen LogP contribution < -0.4 is 21.9 Å². The van der Waals surface area contributed by atoms with Crippen LogP contribution in [0.4, 0.5) is 11.5 Å². The van der Waals surface area contributed by atoms with Gasteiger partial charge < -0.3 is 21.5 Å². The van der Waals surface area contributed by atoms with Crippen molar-refractivity contribution >= 4 is 23.4 Å². The molecule has 1 aliphatic rings. The minimum atomic E-state index is -1.02. The molecule has 0 unspecified atom stereocenters. The molecule has 0 saturated heterocycles. The number of benzene rings is 1. The summed E-state index contributed by atoms with van der Waals surface area (Å²) in [4.78, 5) is 45.7. The minimum absolute atomic E-state index is 0.168. The molecule has 1 amide bonds. The van der Waals surface area contributed by atoms with Crippen molar-refractivity contribution in [2.75, 3.05) is 11.1 Å². The number of carbonyl (C=O) groups is 2. The van der Waals surface area contributed by atoms with Crippen LogP contribution in [0.2, 0.25) is 0 Å². The van der Waals surface area contributed by atoms with Crippen molar-refractivity contribution < 1.29 is 14.7 Å². The lowest BCUT2D eigenvalue weighted by atomic mass is 10.1. The van der Waals surface area contributed by atoms with E-state index in [0.29, 0.717) is 30.0 Å². The molecule has 170 valence electrons. The van der Waals surface area contributed by atoms with Crippen LogP contribution in [0, 0.1) is 6.92 Å². The Morgan fingerprint density at radius 2 is 2.06 bits per heavy atom. The van der Waals surface area contributed by atoms with E-state index in [1.165, 1.54) is 22.9 Å². The highest BCUT2D eigenvalue weighted by molar-refractivity contribution is 5.87. The van der Waals surface area contributed by atoms with Gasteiger partial charge in [0.15, 0.2) is 0 Å². The number of nitrogens with zero attached hydrogens (tertiary/aromatic N) is 3. The third-order valence-electron chi connectivity index (χ3n) is 5.65. The summed E-state index contributed by atoms with van der Waals surface area (Å²) >= 11 is 0. The van der Waals surface area contributed by atoms with Crippen molar-refractivity contribution in [3.63, 3.8) is 0 Å². The Kier molecular flexibility index (Phi) is 6.07. The molecule has 5 N–H and O–H groups in total. The maximum atomic E-state index is 13.1. The first-order chi connectivity index (χ1) is 15.8. The molecule has 0 saturated carbocycles. The number of fused-ring (bicyclic) bond motifs is 1. The first kappa shape index (κ1) is 22.0. The molecule has 3 heterocycles. The number of carbonyl (C=O) groups excluding carboxylic acids is 1. The summed E-state index contributed by atoms with van der Waals surface area (Å²) in [5.74, 6) is -0.307. The van der Waals surface area contributed by atoms with Gasteiger partial charge in [0.2, 0.25) is 5.91 Å². The Labute approximate surface area is 189 Å². The van der Waals surface area contributed by atoms with E-state index in [0.717, 1.165) is 11.3 Å². The fraction of sp³-hybridized carbons (Fsp3) is 0.261. The van der Waals surface area contributed by atoms with E-state index >= 15 is 0 Å². The van der Waals surface area contributed by atoms with Gasteiger partial charge in [0.05, 0.1) is 11.8 Å². The zero-order valence-corrected chi connectivity index (χ0v) is 18.0. The molecular weight excluding hydrogens is 424 g/mol. The number of rotatable bonds is 7. The highest BCUT2D eigenvalue weighted by Gasteiger charge is 2.31. The maximum absolute atomic E-state index is 13.1. The largest absolute Gasteiger partial charge is 0.478 e. The number of nitrogen functional groups attached to an aromatic ring is 1. The van der Waals surface area contributed by atoms with Gasteiger partial charge in [-0.25, -0.2) is 14.8 Å². The Balaban J connectivity index is 1.48. The normalized spacial score (nSPS) is 14.5. The Morgan fingerprint density at radius 3 is 2.82 bits per heavy atom. The van der Waals surface area contributed by atoms with Crippen LogP contribution >= 0.6 is 0 Å². The molecule has 4 rings (SSSR count). The van der Waals surface area contributed by atoms with Crippen LogP contribution in [0.1, 0.15) is 45.5 Å². The summed E-state index contributed by atoms with van der Waals surface area (Å²) in [5.41, 5.74) is 8.05. The lowest BCUT2D eigenvalue weighted by Gasteiger charge is -2.16. The number of pyridine rings is 1. The zero-order chi connectivity index (χ0) is 23.5. The molecule has 1 aliphatic heterocycles. The summed E-state index contributed by atoms with van der Waals surface area (Å²) in [7, 11) is 0. The monoisotopic (exact) mass is 448 g/mol. The van der Waals surface area contributed by atoms with Crippen LogP contribution in [0.5, 0.6) is 0 Å². The molecule has 1 atom stereocenters. The quantitative estimate of drug-likeness (QED) is 0.426. The molecule has 3 aromatic rings. The van der Waals surface area contributed by atoms with Gasteiger partial charge in [0, 0.05) is 25.2 Å². The highest BCUT2D eigenvalue weighted by atomic mass is 16.4. The summed E-state index contributed by atoms with van der Waals surface area (Å²) < 4.78 is 1.43. The van der Waals surface area contributed by atoms with Gasteiger partial charge in [-0.2, -0.15) is 0 Å². The van der Waals surface area contributed by atoms with Gasteiger partial charge in [0.25, 0.3) is 5.56 Å². The Hall–Kier alpha value is -4.21. The lowest BCUT2D eigenvalue weighted by Crippen LogP contribution is -2.36. The maximum Gasteiger partial charge on any atom is 0.335 e. The molecule has 0 spiro atoms. The number of anilines is 2. The highest BCUT2D eigenvalue weighted by Crippen LogP contribution is 2.23. The zero-order valence-electron chi connectivity index (χ0n) is 18.0. The Bertz CT molecular complexity index is 1290. The van der Waals surface area contributed by atoms with E-state index in [1.54, 1.807) is 18.2 Å². The fourth-order valence-corrected chi connectivity index (χ4v) is 3.88. The number of carboxylic acid groups (broad SMARTS) is 1. The third kappa shape index (κ3) is 4.69. The third-order valence-corrected chi connectivity index (χ3v) is 5.65. The first-order valence-electron chi connectivity index (χ1n) is 10.5. The number of aromatic carboxylic acids is 1. The number of carboxylic acids is 1. The molecule has 10 heteroatoms. The van der Waals surface area contributed by atoms with Crippen molar-refractivity contribution in [1.29, 1.82) is 0 Å². The smallest absolute Gasteiger partial charge is 0.335 e. The predicted octanol–water partition coefficient (Wildman–Crippen LogP) is 1.64.